The van der Waals surface area contributed by atoms with Crippen molar-refractivity contribution in [1.29, 1.82) is 0 Å². The number of rotatable bonds is 5. The molecule has 0 radical (unpaired) electrons. The molecule has 2 aliphatic heterocycles. The number of carbonyl (C=O) groups is 1. The van der Waals surface area contributed by atoms with Gasteiger partial charge in [-0.3, -0.25) is 0 Å². The minimum Gasteiger partial charge on any atom is -0.379 e. The zero-order chi connectivity index (χ0) is 15.2. The van der Waals surface area contributed by atoms with Gasteiger partial charge in [-0.25, -0.2) is 4.79 Å². The lowest BCUT2D eigenvalue weighted by Crippen LogP contribution is -2.57. The highest BCUT2D eigenvalue weighted by Crippen LogP contribution is 2.29. The van der Waals surface area contributed by atoms with Crippen molar-refractivity contribution in [3.8, 4) is 0 Å². The van der Waals surface area contributed by atoms with Crippen LogP contribution in [-0.4, -0.2) is 68.3 Å². The molecule has 2 amide bonds. The smallest absolute Gasteiger partial charge is 0.317 e. The number of fused-ring (bicyclic) bond motifs is 1. The molecule has 0 saturated carbocycles. The summed E-state index contributed by atoms with van der Waals surface area (Å²) in [6.45, 7) is 9.38. The third-order valence-electron chi connectivity index (χ3n) is 4.51. The molecule has 0 aromatic carbocycles. The quantitative estimate of drug-likeness (QED) is 0.787. The Labute approximate surface area is 129 Å². The highest BCUT2D eigenvalue weighted by molar-refractivity contribution is 5.74. The van der Waals surface area contributed by atoms with Crippen LogP contribution < -0.4 is 5.32 Å². The zero-order valence-corrected chi connectivity index (χ0v) is 13.8. The lowest BCUT2D eigenvalue weighted by atomic mass is 9.84. The first-order chi connectivity index (χ1) is 10.1. The Hall–Kier alpha value is -0.810. The number of likely N-dealkylation sites (tertiary alicyclic amines) is 2. The van der Waals surface area contributed by atoms with Crippen molar-refractivity contribution in [3.63, 3.8) is 0 Å². The Balaban J connectivity index is 1.73. The summed E-state index contributed by atoms with van der Waals surface area (Å²) in [6, 6.07) is 0.536. The van der Waals surface area contributed by atoms with E-state index in [1.807, 2.05) is 0 Å². The molecule has 2 saturated heterocycles. The van der Waals surface area contributed by atoms with Gasteiger partial charge in [-0.15, -0.1) is 0 Å². The molecule has 0 aromatic heterocycles. The van der Waals surface area contributed by atoms with Crippen molar-refractivity contribution in [3.05, 3.63) is 0 Å². The van der Waals surface area contributed by atoms with E-state index in [4.69, 9.17) is 4.74 Å². The first-order valence-electron chi connectivity index (χ1n) is 8.38. The maximum absolute atomic E-state index is 12.4. The number of urea groups is 1. The standard InChI is InChI=1S/C16H31N3O2/c1-13(2)12-21-10-7-17-16(20)19-8-4-5-14-11-18(3)9-6-15(14)19/h13-15H,4-12H2,1-3H3,(H,17,20). The molecule has 0 aliphatic carbocycles. The molecule has 2 aliphatic rings. The van der Waals surface area contributed by atoms with E-state index >= 15 is 0 Å². The van der Waals surface area contributed by atoms with Gasteiger partial charge in [0.25, 0.3) is 0 Å². The Bertz CT molecular complexity index is 335. The van der Waals surface area contributed by atoms with Crippen molar-refractivity contribution >= 4 is 6.03 Å². The van der Waals surface area contributed by atoms with Crippen LogP contribution in [0.25, 0.3) is 0 Å². The third kappa shape index (κ3) is 4.85. The monoisotopic (exact) mass is 297 g/mol. The molecule has 2 fully saturated rings. The molecule has 2 rings (SSSR count). The fourth-order valence-electron chi connectivity index (χ4n) is 3.49. The van der Waals surface area contributed by atoms with Gasteiger partial charge in [0, 0.05) is 32.3 Å². The Morgan fingerprint density at radius 1 is 1.33 bits per heavy atom. The van der Waals surface area contributed by atoms with Crippen molar-refractivity contribution in [2.24, 2.45) is 11.8 Å². The molecular weight excluding hydrogens is 266 g/mol. The summed E-state index contributed by atoms with van der Waals surface area (Å²) in [5, 5.41) is 3.02. The summed E-state index contributed by atoms with van der Waals surface area (Å²) >= 11 is 0. The van der Waals surface area contributed by atoms with E-state index in [-0.39, 0.29) is 6.03 Å². The molecule has 0 spiro atoms. The number of piperidine rings is 2. The van der Waals surface area contributed by atoms with Crippen molar-refractivity contribution < 1.29 is 9.53 Å². The van der Waals surface area contributed by atoms with Gasteiger partial charge in [-0.2, -0.15) is 0 Å². The molecule has 21 heavy (non-hydrogen) atoms. The van der Waals surface area contributed by atoms with Gasteiger partial charge in [-0.1, -0.05) is 13.8 Å². The van der Waals surface area contributed by atoms with E-state index in [1.165, 1.54) is 6.42 Å². The fraction of sp³-hybridized carbons (Fsp3) is 0.938. The maximum Gasteiger partial charge on any atom is 0.317 e. The van der Waals surface area contributed by atoms with Gasteiger partial charge in [0.2, 0.25) is 0 Å². The number of carbonyl (C=O) groups excluding carboxylic acids is 1. The zero-order valence-electron chi connectivity index (χ0n) is 13.8. The summed E-state index contributed by atoms with van der Waals surface area (Å²) in [6.07, 6.45) is 3.50. The van der Waals surface area contributed by atoms with Crippen LogP contribution in [0, 0.1) is 11.8 Å². The van der Waals surface area contributed by atoms with Crippen molar-refractivity contribution in [1.82, 2.24) is 15.1 Å². The van der Waals surface area contributed by atoms with E-state index in [0.29, 0.717) is 31.0 Å². The molecule has 5 nitrogen and oxygen atoms in total. The van der Waals surface area contributed by atoms with Crippen LogP contribution >= 0.6 is 0 Å². The van der Waals surface area contributed by atoms with Crippen LogP contribution in [0.15, 0.2) is 0 Å². The summed E-state index contributed by atoms with van der Waals surface area (Å²) in [5.41, 5.74) is 0. The fourth-order valence-corrected chi connectivity index (χ4v) is 3.49. The molecule has 2 atom stereocenters. The topological polar surface area (TPSA) is 44.8 Å². The maximum atomic E-state index is 12.4. The Morgan fingerprint density at radius 2 is 2.14 bits per heavy atom. The van der Waals surface area contributed by atoms with Gasteiger partial charge >= 0.3 is 6.03 Å². The SMILES string of the molecule is CC(C)COCCNC(=O)N1CCCC2CN(C)CCC21. The highest BCUT2D eigenvalue weighted by Gasteiger charge is 2.37. The summed E-state index contributed by atoms with van der Waals surface area (Å²) in [5.74, 6) is 1.20. The van der Waals surface area contributed by atoms with Crippen LogP contribution in [0.4, 0.5) is 4.79 Å². The van der Waals surface area contributed by atoms with Gasteiger partial charge in [-0.05, 0) is 44.7 Å². The second kappa shape index (κ2) is 7.99. The lowest BCUT2D eigenvalue weighted by Gasteiger charge is -2.46. The molecule has 0 bridgehead atoms. The number of nitrogens with zero attached hydrogens (tertiary/aromatic N) is 2. The molecule has 1 N–H and O–H groups in total. The van der Waals surface area contributed by atoms with Crippen LogP contribution in [0.3, 0.4) is 0 Å². The van der Waals surface area contributed by atoms with Crippen LogP contribution in [0.5, 0.6) is 0 Å². The first-order valence-corrected chi connectivity index (χ1v) is 8.38. The second-order valence-electron chi connectivity index (χ2n) is 6.91. The largest absolute Gasteiger partial charge is 0.379 e. The van der Waals surface area contributed by atoms with Gasteiger partial charge in [0.15, 0.2) is 0 Å². The van der Waals surface area contributed by atoms with Crippen molar-refractivity contribution in [2.45, 2.75) is 39.2 Å². The molecule has 2 heterocycles. The van der Waals surface area contributed by atoms with Crippen molar-refractivity contribution in [2.75, 3.05) is 46.4 Å². The lowest BCUT2D eigenvalue weighted by molar-refractivity contribution is 0.0517. The highest BCUT2D eigenvalue weighted by atomic mass is 16.5. The van der Waals surface area contributed by atoms with Crippen LogP contribution in [0.1, 0.15) is 33.1 Å². The Kier molecular flexibility index (Phi) is 6.30. The minimum absolute atomic E-state index is 0.0994. The summed E-state index contributed by atoms with van der Waals surface area (Å²) in [7, 11) is 2.18. The van der Waals surface area contributed by atoms with Crippen LogP contribution in [-0.2, 0) is 4.74 Å². The number of ether oxygens (including phenoxy) is 1. The first kappa shape index (κ1) is 16.6. The second-order valence-corrected chi connectivity index (χ2v) is 6.91. The van der Waals surface area contributed by atoms with E-state index < -0.39 is 0 Å². The molecular formula is C16H31N3O2. The number of hydrogen-bond donors (Lipinski definition) is 1. The molecule has 5 heteroatoms. The number of nitrogens with one attached hydrogen (secondary N) is 1. The van der Waals surface area contributed by atoms with Crippen LogP contribution in [0.2, 0.25) is 0 Å². The minimum atomic E-state index is 0.0994. The van der Waals surface area contributed by atoms with E-state index in [9.17, 15) is 4.79 Å². The molecule has 0 aromatic rings. The predicted octanol–water partition coefficient (Wildman–Crippen LogP) is 1.78. The van der Waals surface area contributed by atoms with E-state index in [0.717, 1.165) is 39.1 Å². The number of amides is 2. The molecule has 122 valence electrons. The normalized spacial score (nSPS) is 26.8. The average molecular weight is 297 g/mol. The van der Waals surface area contributed by atoms with Gasteiger partial charge in [0.1, 0.15) is 0 Å². The van der Waals surface area contributed by atoms with E-state index in [2.05, 4.69) is 36.0 Å². The third-order valence-corrected chi connectivity index (χ3v) is 4.51. The van der Waals surface area contributed by atoms with E-state index in [1.54, 1.807) is 0 Å². The average Bonchev–Trinajstić information content (AvgIpc) is 2.45. The predicted molar refractivity (Wildman–Crippen MR) is 84.4 cm³/mol. The van der Waals surface area contributed by atoms with Gasteiger partial charge in [0.05, 0.1) is 6.61 Å². The number of hydrogen-bond acceptors (Lipinski definition) is 3. The molecule has 2 unspecified atom stereocenters. The van der Waals surface area contributed by atoms with Gasteiger partial charge < -0.3 is 19.9 Å². The Morgan fingerprint density at radius 3 is 2.90 bits per heavy atom. The summed E-state index contributed by atoms with van der Waals surface area (Å²) < 4.78 is 5.51. The summed E-state index contributed by atoms with van der Waals surface area (Å²) in [4.78, 5) is 16.8.